The summed E-state index contributed by atoms with van der Waals surface area (Å²) in [4.78, 5) is 0. The number of rotatable bonds is 1. The summed E-state index contributed by atoms with van der Waals surface area (Å²) in [7, 11) is 0. The third-order valence-corrected chi connectivity index (χ3v) is 3.61. The van der Waals surface area contributed by atoms with E-state index in [1.807, 2.05) is 19.1 Å². The molecule has 0 aliphatic carbocycles. The van der Waals surface area contributed by atoms with Crippen molar-refractivity contribution < 1.29 is 0 Å². The van der Waals surface area contributed by atoms with E-state index in [0.717, 1.165) is 21.3 Å². The quantitative estimate of drug-likeness (QED) is 0.749. The lowest BCUT2D eigenvalue weighted by atomic mass is 10.1. The fourth-order valence-electron chi connectivity index (χ4n) is 1.36. The maximum Gasteiger partial charge on any atom is 0.148 e. The number of nitrogens with one attached hydrogen (secondary N) is 1. The van der Waals surface area contributed by atoms with Gasteiger partial charge in [-0.3, -0.25) is 5.10 Å². The highest BCUT2D eigenvalue weighted by Crippen LogP contribution is 2.31. The van der Waals surface area contributed by atoms with Crippen LogP contribution in [0.4, 0.5) is 5.82 Å². The molecule has 0 amide bonds. The molecule has 0 fully saturated rings. The van der Waals surface area contributed by atoms with Crippen LogP contribution < -0.4 is 5.73 Å². The second kappa shape index (κ2) is 4.13. The zero-order chi connectivity index (χ0) is 11.0. The fourth-order valence-corrected chi connectivity index (χ4v) is 2.30. The van der Waals surface area contributed by atoms with E-state index in [1.165, 1.54) is 3.57 Å². The molecule has 0 atom stereocenters. The van der Waals surface area contributed by atoms with E-state index in [2.05, 4.69) is 54.8 Å². The second-order valence-corrected chi connectivity index (χ2v) is 5.33. The van der Waals surface area contributed by atoms with Crippen LogP contribution in [0.3, 0.4) is 0 Å². The van der Waals surface area contributed by atoms with E-state index in [0.29, 0.717) is 5.82 Å². The van der Waals surface area contributed by atoms with Gasteiger partial charge in [0.15, 0.2) is 0 Å². The Kier molecular flexibility index (Phi) is 3.01. The van der Waals surface area contributed by atoms with Crippen LogP contribution in [0.5, 0.6) is 0 Å². The van der Waals surface area contributed by atoms with Crippen LogP contribution >= 0.6 is 38.5 Å². The SMILES string of the molecule is Cc1c(N)n[nH]c1-c1cc(I)ccc1Br. The standard InChI is InChI=1S/C10H9BrIN3/c1-5-9(14-15-10(5)13)7-4-6(12)2-3-8(7)11/h2-4H,1H3,(H3,13,14,15). The molecule has 0 spiro atoms. The molecule has 0 radical (unpaired) electrons. The van der Waals surface area contributed by atoms with Crippen molar-refractivity contribution in [2.24, 2.45) is 0 Å². The number of nitrogen functional groups attached to an aromatic ring is 1. The van der Waals surface area contributed by atoms with Crippen LogP contribution in [0, 0.1) is 10.5 Å². The molecule has 5 heteroatoms. The topological polar surface area (TPSA) is 54.7 Å². The molecule has 0 aliphatic heterocycles. The third-order valence-electron chi connectivity index (χ3n) is 2.25. The van der Waals surface area contributed by atoms with Gasteiger partial charge in [-0.25, -0.2) is 0 Å². The van der Waals surface area contributed by atoms with Crippen molar-refractivity contribution in [2.45, 2.75) is 6.92 Å². The van der Waals surface area contributed by atoms with Crippen molar-refractivity contribution >= 4 is 44.3 Å². The Morgan fingerprint density at radius 2 is 2.20 bits per heavy atom. The van der Waals surface area contributed by atoms with E-state index in [1.54, 1.807) is 0 Å². The average molecular weight is 378 g/mol. The van der Waals surface area contributed by atoms with Crippen molar-refractivity contribution in [3.05, 3.63) is 31.8 Å². The molecular weight excluding hydrogens is 369 g/mol. The van der Waals surface area contributed by atoms with Gasteiger partial charge >= 0.3 is 0 Å². The van der Waals surface area contributed by atoms with Crippen molar-refractivity contribution in [1.82, 2.24) is 10.2 Å². The van der Waals surface area contributed by atoms with Gasteiger partial charge < -0.3 is 5.73 Å². The third kappa shape index (κ3) is 2.03. The van der Waals surface area contributed by atoms with Crippen LogP contribution in [0.2, 0.25) is 0 Å². The number of nitrogens with zero attached hydrogens (tertiary/aromatic N) is 1. The minimum absolute atomic E-state index is 0.552. The van der Waals surface area contributed by atoms with Gasteiger partial charge in [0.2, 0.25) is 0 Å². The Bertz CT molecular complexity index is 507. The predicted octanol–water partition coefficient (Wildman–Crippen LogP) is 3.33. The summed E-state index contributed by atoms with van der Waals surface area (Å²) in [6.45, 7) is 1.96. The van der Waals surface area contributed by atoms with Crippen molar-refractivity contribution in [2.75, 3.05) is 5.73 Å². The molecule has 3 nitrogen and oxygen atoms in total. The van der Waals surface area contributed by atoms with Crippen LogP contribution in [0.25, 0.3) is 11.3 Å². The summed E-state index contributed by atoms with van der Waals surface area (Å²) < 4.78 is 2.22. The zero-order valence-electron chi connectivity index (χ0n) is 8.01. The van der Waals surface area contributed by atoms with Crippen LogP contribution in [-0.2, 0) is 0 Å². The lowest BCUT2D eigenvalue weighted by Gasteiger charge is -2.03. The lowest BCUT2D eigenvalue weighted by molar-refractivity contribution is 1.10. The largest absolute Gasteiger partial charge is 0.382 e. The van der Waals surface area contributed by atoms with E-state index >= 15 is 0 Å². The molecule has 1 aromatic heterocycles. The molecule has 0 aliphatic rings. The lowest BCUT2D eigenvalue weighted by Crippen LogP contribution is -1.87. The number of hydrogen-bond acceptors (Lipinski definition) is 2. The minimum Gasteiger partial charge on any atom is -0.382 e. The molecule has 78 valence electrons. The van der Waals surface area contributed by atoms with E-state index in [4.69, 9.17) is 5.73 Å². The first-order valence-electron chi connectivity index (χ1n) is 4.35. The summed E-state index contributed by atoms with van der Waals surface area (Å²) in [5, 5.41) is 6.94. The Labute approximate surface area is 110 Å². The first-order valence-corrected chi connectivity index (χ1v) is 6.22. The Morgan fingerprint density at radius 1 is 1.47 bits per heavy atom. The molecular formula is C10H9BrIN3. The summed E-state index contributed by atoms with van der Waals surface area (Å²) in [6, 6.07) is 6.15. The fraction of sp³-hybridized carbons (Fsp3) is 0.100. The Morgan fingerprint density at radius 3 is 2.80 bits per heavy atom. The summed E-state index contributed by atoms with van der Waals surface area (Å²) in [6.07, 6.45) is 0. The molecule has 2 aromatic rings. The maximum atomic E-state index is 5.71. The van der Waals surface area contributed by atoms with Gasteiger partial charge in [-0.1, -0.05) is 15.9 Å². The first kappa shape index (κ1) is 10.9. The van der Waals surface area contributed by atoms with Gasteiger partial charge in [0, 0.05) is 19.2 Å². The second-order valence-electron chi connectivity index (χ2n) is 3.23. The van der Waals surface area contributed by atoms with Gasteiger partial charge in [0.25, 0.3) is 0 Å². The summed E-state index contributed by atoms with van der Waals surface area (Å²) in [5.74, 6) is 0.552. The van der Waals surface area contributed by atoms with Crippen LogP contribution in [-0.4, -0.2) is 10.2 Å². The summed E-state index contributed by atoms with van der Waals surface area (Å²) in [5.41, 5.74) is 8.75. The normalized spacial score (nSPS) is 10.6. The molecule has 0 bridgehead atoms. The van der Waals surface area contributed by atoms with E-state index in [-0.39, 0.29) is 0 Å². The maximum absolute atomic E-state index is 5.71. The van der Waals surface area contributed by atoms with Gasteiger partial charge in [0.05, 0.1) is 5.69 Å². The monoisotopic (exact) mass is 377 g/mol. The molecule has 2 rings (SSSR count). The number of hydrogen-bond donors (Lipinski definition) is 2. The predicted molar refractivity (Wildman–Crippen MR) is 73.6 cm³/mol. The van der Waals surface area contributed by atoms with Crippen molar-refractivity contribution in [3.8, 4) is 11.3 Å². The number of halogens is 2. The first-order chi connectivity index (χ1) is 7.09. The number of benzene rings is 1. The number of nitrogens with two attached hydrogens (primary N) is 1. The molecule has 15 heavy (non-hydrogen) atoms. The minimum atomic E-state index is 0.552. The van der Waals surface area contributed by atoms with Gasteiger partial charge in [-0.15, -0.1) is 0 Å². The highest BCUT2D eigenvalue weighted by atomic mass is 127. The zero-order valence-corrected chi connectivity index (χ0v) is 11.8. The number of aromatic nitrogens is 2. The number of anilines is 1. The average Bonchev–Trinajstić information content (AvgIpc) is 2.52. The van der Waals surface area contributed by atoms with Crippen LogP contribution in [0.15, 0.2) is 22.7 Å². The van der Waals surface area contributed by atoms with Crippen molar-refractivity contribution in [1.29, 1.82) is 0 Å². The highest BCUT2D eigenvalue weighted by molar-refractivity contribution is 14.1. The molecule has 1 heterocycles. The Hall–Kier alpha value is -0.560. The summed E-state index contributed by atoms with van der Waals surface area (Å²) >= 11 is 5.80. The molecule has 0 saturated carbocycles. The highest BCUT2D eigenvalue weighted by Gasteiger charge is 2.11. The molecule has 3 N–H and O–H groups in total. The number of aromatic amines is 1. The van der Waals surface area contributed by atoms with Gasteiger partial charge in [-0.05, 0) is 47.7 Å². The molecule has 0 unspecified atom stereocenters. The number of H-pyrrole nitrogens is 1. The van der Waals surface area contributed by atoms with Gasteiger partial charge in [0.1, 0.15) is 5.82 Å². The molecule has 0 saturated heterocycles. The van der Waals surface area contributed by atoms with E-state index < -0.39 is 0 Å². The molecule has 1 aromatic carbocycles. The Balaban J connectivity index is 2.63. The van der Waals surface area contributed by atoms with Crippen molar-refractivity contribution in [3.63, 3.8) is 0 Å². The van der Waals surface area contributed by atoms with Gasteiger partial charge in [-0.2, -0.15) is 5.10 Å². The van der Waals surface area contributed by atoms with Crippen LogP contribution in [0.1, 0.15) is 5.56 Å². The smallest absolute Gasteiger partial charge is 0.148 e. The van der Waals surface area contributed by atoms with E-state index in [9.17, 15) is 0 Å².